The minimum Gasteiger partial charge on any atom is -0.326 e. The van der Waals surface area contributed by atoms with Gasteiger partial charge < -0.3 is 11.1 Å². The largest absolute Gasteiger partial charge is 0.326 e. The van der Waals surface area contributed by atoms with E-state index in [-0.39, 0.29) is 24.2 Å². The molecule has 0 atom stereocenters. The van der Waals surface area contributed by atoms with Crippen molar-refractivity contribution < 1.29 is 4.79 Å². The van der Waals surface area contributed by atoms with Crippen molar-refractivity contribution in [2.24, 2.45) is 11.7 Å². The maximum Gasteiger partial charge on any atom is 0.227 e. The molecule has 4 heteroatoms. The van der Waals surface area contributed by atoms with E-state index in [9.17, 15) is 4.79 Å². The molecule has 0 aliphatic heterocycles. The molecule has 0 unspecified atom stereocenters. The third-order valence-corrected chi connectivity index (χ3v) is 3.43. The van der Waals surface area contributed by atoms with Gasteiger partial charge >= 0.3 is 0 Å². The minimum atomic E-state index is 0. The zero-order valence-electron chi connectivity index (χ0n) is 10.5. The number of benzene rings is 1. The predicted octanol–water partition coefficient (Wildman–Crippen LogP) is 3.09. The lowest BCUT2D eigenvalue weighted by atomic mass is 9.88. The van der Waals surface area contributed by atoms with E-state index >= 15 is 0 Å². The van der Waals surface area contributed by atoms with Crippen LogP contribution in [0.2, 0.25) is 0 Å². The summed E-state index contributed by atoms with van der Waals surface area (Å²) in [4.78, 5) is 12.0. The molecule has 1 aliphatic rings. The van der Waals surface area contributed by atoms with Crippen molar-refractivity contribution in [2.45, 2.75) is 38.6 Å². The summed E-state index contributed by atoms with van der Waals surface area (Å²) < 4.78 is 0. The van der Waals surface area contributed by atoms with Gasteiger partial charge in [0.15, 0.2) is 0 Å². The number of anilines is 1. The van der Waals surface area contributed by atoms with Crippen LogP contribution >= 0.6 is 12.4 Å². The molecule has 2 rings (SSSR count). The monoisotopic (exact) mass is 268 g/mol. The normalized spacial score (nSPS) is 15.8. The Kier molecular flexibility index (Phi) is 6.16. The first-order valence-corrected chi connectivity index (χ1v) is 6.39. The van der Waals surface area contributed by atoms with Gasteiger partial charge in [0.25, 0.3) is 0 Å². The highest BCUT2D eigenvalue weighted by atomic mass is 35.5. The van der Waals surface area contributed by atoms with Gasteiger partial charge in [0.05, 0.1) is 0 Å². The molecule has 3 N–H and O–H groups in total. The summed E-state index contributed by atoms with van der Waals surface area (Å²) in [5, 5.41) is 2.98. The second kappa shape index (κ2) is 7.39. The van der Waals surface area contributed by atoms with Crippen LogP contribution < -0.4 is 11.1 Å². The lowest BCUT2D eigenvalue weighted by Crippen LogP contribution is -2.24. The van der Waals surface area contributed by atoms with Gasteiger partial charge in [0.2, 0.25) is 5.91 Å². The molecule has 100 valence electrons. The van der Waals surface area contributed by atoms with E-state index in [1.54, 1.807) is 0 Å². The SMILES string of the molecule is Cl.NCc1ccc(NC(=O)C2CCCCC2)cc1. The summed E-state index contributed by atoms with van der Waals surface area (Å²) in [7, 11) is 0. The smallest absolute Gasteiger partial charge is 0.227 e. The van der Waals surface area contributed by atoms with E-state index in [4.69, 9.17) is 5.73 Å². The summed E-state index contributed by atoms with van der Waals surface area (Å²) in [6.07, 6.45) is 5.71. The van der Waals surface area contributed by atoms with Crippen molar-refractivity contribution >= 4 is 24.0 Å². The summed E-state index contributed by atoms with van der Waals surface area (Å²) in [6.45, 7) is 0.539. The third-order valence-electron chi connectivity index (χ3n) is 3.43. The number of halogens is 1. The van der Waals surface area contributed by atoms with Crippen LogP contribution in [-0.2, 0) is 11.3 Å². The van der Waals surface area contributed by atoms with Crippen molar-refractivity contribution in [2.75, 3.05) is 5.32 Å². The fourth-order valence-corrected chi connectivity index (χ4v) is 2.33. The maximum absolute atomic E-state index is 12.0. The van der Waals surface area contributed by atoms with E-state index in [2.05, 4.69) is 5.32 Å². The van der Waals surface area contributed by atoms with Crippen LogP contribution in [0.1, 0.15) is 37.7 Å². The summed E-state index contributed by atoms with van der Waals surface area (Å²) in [5.74, 6) is 0.378. The maximum atomic E-state index is 12.0. The van der Waals surface area contributed by atoms with E-state index in [1.165, 1.54) is 19.3 Å². The molecule has 3 nitrogen and oxygen atoms in total. The number of rotatable bonds is 3. The van der Waals surface area contributed by atoms with Gasteiger partial charge in [0.1, 0.15) is 0 Å². The zero-order valence-corrected chi connectivity index (χ0v) is 11.3. The number of hydrogen-bond donors (Lipinski definition) is 2. The molecule has 1 saturated carbocycles. The molecule has 1 aromatic rings. The summed E-state index contributed by atoms with van der Waals surface area (Å²) in [5.41, 5.74) is 7.49. The van der Waals surface area contributed by atoms with E-state index < -0.39 is 0 Å². The molecule has 0 spiro atoms. The van der Waals surface area contributed by atoms with Gasteiger partial charge in [-0.15, -0.1) is 12.4 Å². The number of carbonyl (C=O) groups excluding carboxylic acids is 1. The van der Waals surface area contributed by atoms with Gasteiger partial charge in [-0.05, 0) is 30.5 Å². The Morgan fingerprint density at radius 1 is 1.17 bits per heavy atom. The van der Waals surface area contributed by atoms with Crippen LogP contribution in [0.15, 0.2) is 24.3 Å². The fourth-order valence-electron chi connectivity index (χ4n) is 2.33. The first-order valence-electron chi connectivity index (χ1n) is 6.39. The minimum absolute atomic E-state index is 0. The highest BCUT2D eigenvalue weighted by molar-refractivity contribution is 5.92. The summed E-state index contributed by atoms with van der Waals surface area (Å²) >= 11 is 0. The zero-order chi connectivity index (χ0) is 12.1. The van der Waals surface area contributed by atoms with Crippen molar-refractivity contribution in [1.82, 2.24) is 0 Å². The van der Waals surface area contributed by atoms with Crippen molar-refractivity contribution in [3.63, 3.8) is 0 Å². The number of amides is 1. The molecule has 1 aliphatic carbocycles. The lowest BCUT2D eigenvalue weighted by Gasteiger charge is -2.20. The molecule has 0 radical (unpaired) electrons. The molecule has 1 amide bonds. The fraction of sp³-hybridized carbons (Fsp3) is 0.500. The summed E-state index contributed by atoms with van der Waals surface area (Å²) in [6, 6.07) is 7.75. The molecule has 0 saturated heterocycles. The van der Waals surface area contributed by atoms with Crippen molar-refractivity contribution in [3.8, 4) is 0 Å². The molecular formula is C14H21ClN2O. The Morgan fingerprint density at radius 2 is 1.78 bits per heavy atom. The first-order chi connectivity index (χ1) is 8.29. The highest BCUT2D eigenvalue weighted by Crippen LogP contribution is 2.24. The standard InChI is InChI=1S/C14H20N2O.ClH/c15-10-11-6-8-13(9-7-11)16-14(17)12-4-2-1-3-5-12;/h6-9,12H,1-5,10,15H2,(H,16,17);1H. The number of hydrogen-bond acceptors (Lipinski definition) is 2. The van der Waals surface area contributed by atoms with Crippen LogP contribution in [0.3, 0.4) is 0 Å². The number of carbonyl (C=O) groups is 1. The van der Waals surface area contributed by atoms with Gasteiger partial charge in [-0.25, -0.2) is 0 Å². The molecule has 1 fully saturated rings. The average molecular weight is 269 g/mol. The molecule has 0 heterocycles. The van der Waals surface area contributed by atoms with Gasteiger partial charge in [-0.1, -0.05) is 31.4 Å². The van der Waals surface area contributed by atoms with Gasteiger partial charge in [-0.3, -0.25) is 4.79 Å². The molecule has 0 aromatic heterocycles. The Balaban J connectivity index is 0.00000162. The second-order valence-corrected chi connectivity index (χ2v) is 4.73. The Labute approximate surface area is 115 Å². The highest BCUT2D eigenvalue weighted by Gasteiger charge is 2.20. The average Bonchev–Trinajstić information content (AvgIpc) is 2.40. The predicted molar refractivity (Wildman–Crippen MR) is 76.8 cm³/mol. The first kappa shape index (κ1) is 15.0. The third kappa shape index (κ3) is 4.00. The van der Waals surface area contributed by atoms with E-state index in [0.717, 1.165) is 24.1 Å². The molecule has 1 aromatic carbocycles. The Morgan fingerprint density at radius 3 is 2.33 bits per heavy atom. The van der Waals surface area contributed by atoms with Crippen LogP contribution in [0, 0.1) is 5.92 Å². The second-order valence-electron chi connectivity index (χ2n) is 4.73. The Hall–Kier alpha value is -1.06. The van der Waals surface area contributed by atoms with Crippen molar-refractivity contribution in [1.29, 1.82) is 0 Å². The Bertz CT molecular complexity index is 372. The van der Waals surface area contributed by atoms with Crippen LogP contribution in [0.5, 0.6) is 0 Å². The van der Waals surface area contributed by atoms with Gasteiger partial charge in [-0.2, -0.15) is 0 Å². The van der Waals surface area contributed by atoms with Crippen LogP contribution in [-0.4, -0.2) is 5.91 Å². The van der Waals surface area contributed by atoms with Crippen molar-refractivity contribution in [3.05, 3.63) is 29.8 Å². The van der Waals surface area contributed by atoms with E-state index in [1.807, 2.05) is 24.3 Å². The molecule has 0 bridgehead atoms. The van der Waals surface area contributed by atoms with Gasteiger partial charge in [0, 0.05) is 18.2 Å². The molecule has 18 heavy (non-hydrogen) atoms. The number of nitrogens with one attached hydrogen (secondary N) is 1. The van der Waals surface area contributed by atoms with Crippen LogP contribution in [0.25, 0.3) is 0 Å². The van der Waals surface area contributed by atoms with Crippen LogP contribution in [0.4, 0.5) is 5.69 Å². The molecular weight excluding hydrogens is 248 g/mol. The number of nitrogens with two attached hydrogens (primary N) is 1. The quantitative estimate of drug-likeness (QED) is 0.885. The lowest BCUT2D eigenvalue weighted by molar-refractivity contribution is -0.120. The van der Waals surface area contributed by atoms with E-state index in [0.29, 0.717) is 6.54 Å². The topological polar surface area (TPSA) is 55.1 Å².